The van der Waals surface area contributed by atoms with Gasteiger partial charge in [-0.25, -0.2) is 0 Å². The Morgan fingerprint density at radius 3 is 2.68 bits per heavy atom. The minimum atomic E-state index is -0.0590. The van der Waals surface area contributed by atoms with Gasteiger partial charge in [0.2, 0.25) is 5.91 Å². The van der Waals surface area contributed by atoms with E-state index in [1.54, 1.807) is 24.3 Å². The third-order valence-electron chi connectivity index (χ3n) is 2.47. The van der Waals surface area contributed by atoms with Gasteiger partial charge in [-0.15, -0.1) is 0 Å². The quantitative estimate of drug-likeness (QED) is 0.229. The van der Waals surface area contributed by atoms with E-state index in [-0.39, 0.29) is 11.7 Å². The number of amidine groups is 1. The molecule has 0 spiro atoms. The first-order chi connectivity index (χ1) is 9.17. The predicted octanol–water partition coefficient (Wildman–Crippen LogP) is 1.54. The van der Waals surface area contributed by atoms with Gasteiger partial charge in [-0.1, -0.05) is 5.16 Å². The molecule has 1 aromatic carbocycles. The van der Waals surface area contributed by atoms with Crippen LogP contribution in [0.25, 0.3) is 0 Å². The molecule has 0 fully saturated rings. The zero-order valence-electron chi connectivity index (χ0n) is 10.9. The summed E-state index contributed by atoms with van der Waals surface area (Å²) in [6.07, 6.45) is 1.11. The van der Waals surface area contributed by atoms with Crippen LogP contribution < -0.4 is 11.1 Å². The Morgan fingerprint density at radius 1 is 1.42 bits per heavy atom. The molecular weight excluding hydrogens is 246 g/mol. The summed E-state index contributed by atoms with van der Waals surface area (Å²) in [5.41, 5.74) is 6.71. The SMILES string of the molecule is CCOCCCC(=O)Nc1ccc(C(N)=NO)cc1. The number of carbonyl (C=O) groups excluding carboxylic acids is 1. The molecule has 0 saturated carbocycles. The lowest BCUT2D eigenvalue weighted by molar-refractivity contribution is -0.116. The van der Waals surface area contributed by atoms with E-state index in [1.165, 1.54) is 0 Å². The van der Waals surface area contributed by atoms with Crippen molar-refractivity contribution in [3.63, 3.8) is 0 Å². The molecule has 0 unspecified atom stereocenters. The normalized spacial score (nSPS) is 11.3. The Labute approximate surface area is 112 Å². The van der Waals surface area contributed by atoms with Crippen molar-refractivity contribution >= 4 is 17.4 Å². The Bertz CT molecular complexity index is 429. The Kier molecular flexibility index (Phi) is 6.38. The molecule has 0 atom stereocenters. The molecule has 0 aliphatic heterocycles. The lowest BCUT2D eigenvalue weighted by Gasteiger charge is -2.06. The average Bonchev–Trinajstić information content (AvgIpc) is 2.43. The van der Waals surface area contributed by atoms with E-state index in [9.17, 15) is 4.79 Å². The second kappa shape index (κ2) is 8.10. The maximum absolute atomic E-state index is 11.6. The maximum Gasteiger partial charge on any atom is 0.224 e. The van der Waals surface area contributed by atoms with Gasteiger partial charge in [-0.2, -0.15) is 0 Å². The molecule has 19 heavy (non-hydrogen) atoms. The molecule has 0 aromatic heterocycles. The van der Waals surface area contributed by atoms with Crippen molar-refractivity contribution in [2.45, 2.75) is 19.8 Å². The van der Waals surface area contributed by atoms with Gasteiger partial charge in [0.1, 0.15) is 0 Å². The van der Waals surface area contributed by atoms with Crippen molar-refractivity contribution in [2.75, 3.05) is 18.5 Å². The molecule has 1 amide bonds. The first-order valence-electron chi connectivity index (χ1n) is 6.13. The van der Waals surface area contributed by atoms with Crippen LogP contribution in [-0.4, -0.2) is 30.2 Å². The summed E-state index contributed by atoms with van der Waals surface area (Å²) >= 11 is 0. The predicted molar refractivity (Wildman–Crippen MR) is 73.3 cm³/mol. The molecule has 0 aliphatic rings. The molecule has 1 rings (SSSR count). The van der Waals surface area contributed by atoms with Crippen LogP contribution in [-0.2, 0) is 9.53 Å². The standard InChI is InChI=1S/C13H19N3O3/c1-2-19-9-3-4-12(17)15-11-7-5-10(6-8-11)13(14)16-18/h5-8,18H,2-4,9H2,1H3,(H2,14,16)(H,15,17). The van der Waals surface area contributed by atoms with Crippen LogP contribution in [0, 0.1) is 0 Å². The highest BCUT2D eigenvalue weighted by Gasteiger charge is 2.03. The summed E-state index contributed by atoms with van der Waals surface area (Å²) in [5, 5.41) is 14.2. The average molecular weight is 265 g/mol. The molecule has 4 N–H and O–H groups in total. The minimum Gasteiger partial charge on any atom is -0.409 e. The largest absolute Gasteiger partial charge is 0.409 e. The van der Waals surface area contributed by atoms with E-state index in [2.05, 4.69) is 10.5 Å². The number of hydrogen-bond acceptors (Lipinski definition) is 4. The summed E-state index contributed by atoms with van der Waals surface area (Å²) in [7, 11) is 0. The van der Waals surface area contributed by atoms with Crippen LogP contribution in [0.1, 0.15) is 25.3 Å². The highest BCUT2D eigenvalue weighted by atomic mass is 16.5. The minimum absolute atomic E-state index is 0.0367. The smallest absolute Gasteiger partial charge is 0.224 e. The molecule has 104 valence electrons. The van der Waals surface area contributed by atoms with Gasteiger partial charge in [0.25, 0.3) is 0 Å². The number of nitrogens with two attached hydrogens (primary N) is 1. The second-order valence-corrected chi connectivity index (χ2v) is 3.91. The molecule has 0 heterocycles. The van der Waals surface area contributed by atoms with E-state index in [4.69, 9.17) is 15.7 Å². The van der Waals surface area contributed by atoms with Gasteiger partial charge in [-0.05, 0) is 37.6 Å². The highest BCUT2D eigenvalue weighted by Crippen LogP contribution is 2.10. The maximum atomic E-state index is 11.6. The lowest BCUT2D eigenvalue weighted by Crippen LogP contribution is -2.14. The van der Waals surface area contributed by atoms with Gasteiger partial charge < -0.3 is 21.0 Å². The fourth-order valence-electron chi connectivity index (χ4n) is 1.48. The summed E-state index contributed by atoms with van der Waals surface area (Å²) in [5.74, 6) is -0.0224. The number of benzene rings is 1. The number of amides is 1. The molecule has 6 heteroatoms. The van der Waals surface area contributed by atoms with Crippen molar-refractivity contribution < 1.29 is 14.7 Å². The van der Waals surface area contributed by atoms with Crippen molar-refractivity contribution in [1.29, 1.82) is 0 Å². The Hall–Kier alpha value is -2.08. The highest BCUT2D eigenvalue weighted by molar-refractivity contribution is 5.98. The lowest BCUT2D eigenvalue weighted by atomic mass is 10.2. The van der Waals surface area contributed by atoms with Crippen LogP contribution in [0.15, 0.2) is 29.4 Å². The number of ether oxygens (including phenoxy) is 1. The van der Waals surface area contributed by atoms with E-state index in [0.717, 1.165) is 0 Å². The van der Waals surface area contributed by atoms with Gasteiger partial charge in [0.05, 0.1) is 0 Å². The molecular formula is C13H19N3O3. The molecule has 0 saturated heterocycles. The summed E-state index contributed by atoms with van der Waals surface area (Å²) in [6.45, 7) is 3.17. The monoisotopic (exact) mass is 265 g/mol. The van der Waals surface area contributed by atoms with E-state index in [1.807, 2.05) is 6.92 Å². The van der Waals surface area contributed by atoms with Crippen molar-refractivity contribution in [3.8, 4) is 0 Å². The topological polar surface area (TPSA) is 96.9 Å². The van der Waals surface area contributed by atoms with E-state index < -0.39 is 0 Å². The number of oxime groups is 1. The summed E-state index contributed by atoms with van der Waals surface area (Å²) in [6, 6.07) is 6.75. The third-order valence-corrected chi connectivity index (χ3v) is 2.47. The summed E-state index contributed by atoms with van der Waals surface area (Å²) < 4.78 is 5.16. The Balaban J connectivity index is 2.42. The van der Waals surface area contributed by atoms with E-state index >= 15 is 0 Å². The fraction of sp³-hybridized carbons (Fsp3) is 0.385. The van der Waals surface area contributed by atoms with Crippen molar-refractivity contribution in [3.05, 3.63) is 29.8 Å². The molecule has 6 nitrogen and oxygen atoms in total. The number of nitrogens with zero attached hydrogens (tertiary/aromatic N) is 1. The molecule has 1 aromatic rings. The van der Waals surface area contributed by atoms with Crippen molar-refractivity contribution in [1.82, 2.24) is 0 Å². The third kappa shape index (κ3) is 5.39. The van der Waals surface area contributed by atoms with Crippen LogP contribution in [0.5, 0.6) is 0 Å². The van der Waals surface area contributed by atoms with Gasteiger partial charge >= 0.3 is 0 Å². The number of nitrogens with one attached hydrogen (secondary N) is 1. The van der Waals surface area contributed by atoms with E-state index in [0.29, 0.717) is 37.3 Å². The van der Waals surface area contributed by atoms with Crippen LogP contribution in [0.2, 0.25) is 0 Å². The van der Waals surface area contributed by atoms with Crippen LogP contribution in [0.4, 0.5) is 5.69 Å². The number of carbonyl (C=O) groups is 1. The van der Waals surface area contributed by atoms with Gasteiger partial charge in [-0.3, -0.25) is 4.79 Å². The van der Waals surface area contributed by atoms with Crippen molar-refractivity contribution in [2.24, 2.45) is 10.9 Å². The van der Waals surface area contributed by atoms with Crippen LogP contribution >= 0.6 is 0 Å². The molecule has 0 bridgehead atoms. The molecule has 0 radical (unpaired) electrons. The molecule has 0 aliphatic carbocycles. The van der Waals surface area contributed by atoms with Gasteiger partial charge in [0, 0.05) is 30.9 Å². The number of anilines is 1. The first-order valence-corrected chi connectivity index (χ1v) is 6.13. The zero-order chi connectivity index (χ0) is 14.1. The zero-order valence-corrected chi connectivity index (χ0v) is 10.9. The summed E-state index contributed by atoms with van der Waals surface area (Å²) in [4.78, 5) is 11.6. The first kappa shape index (κ1) is 15.0. The Morgan fingerprint density at radius 2 is 2.11 bits per heavy atom. The fourth-order valence-corrected chi connectivity index (χ4v) is 1.48. The van der Waals surface area contributed by atoms with Gasteiger partial charge in [0.15, 0.2) is 5.84 Å². The number of hydrogen-bond donors (Lipinski definition) is 3. The number of rotatable bonds is 7. The van der Waals surface area contributed by atoms with Crippen LogP contribution in [0.3, 0.4) is 0 Å². The second-order valence-electron chi connectivity index (χ2n) is 3.91.